The van der Waals surface area contributed by atoms with Crippen LogP contribution in [0.15, 0.2) is 41.3 Å². The number of rotatable bonds is 5. The Hall–Kier alpha value is -1.89. The molecule has 0 fully saturated rings. The summed E-state index contributed by atoms with van der Waals surface area (Å²) in [4.78, 5) is 11.7. The van der Waals surface area contributed by atoms with Gasteiger partial charge in [0.25, 0.3) is 0 Å². The zero-order chi connectivity index (χ0) is 18.8. The van der Waals surface area contributed by atoms with Gasteiger partial charge in [-0.2, -0.15) is 0 Å². The lowest BCUT2D eigenvalue weighted by atomic mass is 10.0. The molecule has 2 aromatic carbocycles. The third-order valence-electron chi connectivity index (χ3n) is 3.88. The minimum Gasteiger partial charge on any atom is -0.465 e. The van der Waals surface area contributed by atoms with Crippen molar-refractivity contribution in [2.24, 2.45) is 0 Å². The highest BCUT2D eigenvalue weighted by Gasteiger charge is 2.22. The Balaban J connectivity index is 2.34. The molecule has 0 saturated heterocycles. The van der Waals surface area contributed by atoms with E-state index in [-0.39, 0.29) is 15.5 Å². The molecule has 0 radical (unpaired) electrons. The highest BCUT2D eigenvalue weighted by atomic mass is 35.5. The third-order valence-corrected chi connectivity index (χ3v) is 5.75. The maximum Gasteiger partial charge on any atom is 0.339 e. The normalized spacial score (nSPS) is 12.7. The van der Waals surface area contributed by atoms with Crippen LogP contribution in [-0.2, 0) is 14.8 Å². The van der Waals surface area contributed by atoms with Crippen LogP contribution in [0.1, 0.15) is 40.0 Å². The summed E-state index contributed by atoms with van der Waals surface area (Å²) in [6.45, 7) is 5.69. The largest absolute Gasteiger partial charge is 0.465 e. The van der Waals surface area contributed by atoms with E-state index in [9.17, 15) is 13.2 Å². The molecule has 0 aliphatic rings. The Morgan fingerprint density at radius 2 is 1.84 bits per heavy atom. The summed E-state index contributed by atoms with van der Waals surface area (Å²) in [5.74, 6) is -0.690. The molecule has 1 atom stereocenters. The fourth-order valence-corrected chi connectivity index (χ4v) is 4.06. The molecule has 0 heterocycles. The standard InChI is InChI=1S/C18H20ClNO4S/c1-11-5-7-15(12(2)9-11)13(3)20-25(22,23)14-6-8-17(19)16(10-14)18(21)24-4/h5-10,13,20H,1-4H3. The number of methoxy groups -OCH3 is 1. The number of hydrogen-bond acceptors (Lipinski definition) is 4. The van der Waals surface area contributed by atoms with Crippen LogP contribution in [0.4, 0.5) is 0 Å². The van der Waals surface area contributed by atoms with Gasteiger partial charge in [-0.05, 0) is 50.1 Å². The van der Waals surface area contributed by atoms with E-state index in [1.165, 1.54) is 25.3 Å². The number of nitrogens with one attached hydrogen (secondary N) is 1. The molecular weight excluding hydrogens is 362 g/mol. The van der Waals surface area contributed by atoms with Gasteiger partial charge in [-0.15, -0.1) is 0 Å². The summed E-state index contributed by atoms with van der Waals surface area (Å²) in [5, 5.41) is 0.133. The summed E-state index contributed by atoms with van der Waals surface area (Å²) in [6.07, 6.45) is 0. The summed E-state index contributed by atoms with van der Waals surface area (Å²) in [7, 11) is -2.62. The Labute approximate surface area is 153 Å². The van der Waals surface area contributed by atoms with Gasteiger partial charge in [0, 0.05) is 6.04 Å². The molecule has 25 heavy (non-hydrogen) atoms. The third kappa shape index (κ3) is 4.39. The van der Waals surface area contributed by atoms with Crippen LogP contribution in [0.5, 0.6) is 0 Å². The topological polar surface area (TPSA) is 72.5 Å². The van der Waals surface area contributed by atoms with Gasteiger partial charge in [0.1, 0.15) is 0 Å². The number of halogens is 1. The molecule has 0 aliphatic carbocycles. The van der Waals surface area contributed by atoms with Crippen LogP contribution in [0, 0.1) is 13.8 Å². The highest BCUT2D eigenvalue weighted by molar-refractivity contribution is 7.89. The molecule has 0 saturated carbocycles. The molecule has 1 unspecified atom stereocenters. The quantitative estimate of drug-likeness (QED) is 0.800. The van der Waals surface area contributed by atoms with E-state index in [4.69, 9.17) is 11.6 Å². The van der Waals surface area contributed by atoms with Gasteiger partial charge < -0.3 is 4.74 Å². The van der Waals surface area contributed by atoms with Gasteiger partial charge in [0.05, 0.1) is 22.6 Å². The molecule has 5 nitrogen and oxygen atoms in total. The van der Waals surface area contributed by atoms with Gasteiger partial charge in [0.15, 0.2) is 0 Å². The first kappa shape index (κ1) is 19.4. The second-order valence-electron chi connectivity index (χ2n) is 5.84. The fourth-order valence-electron chi connectivity index (χ4n) is 2.61. The molecule has 2 rings (SSSR count). The van der Waals surface area contributed by atoms with Crippen LogP contribution in [0.2, 0.25) is 5.02 Å². The minimum atomic E-state index is -3.83. The average molecular weight is 382 g/mol. The second-order valence-corrected chi connectivity index (χ2v) is 7.96. The van der Waals surface area contributed by atoms with Crippen molar-refractivity contribution < 1.29 is 17.9 Å². The van der Waals surface area contributed by atoms with Crippen LogP contribution in [0.25, 0.3) is 0 Å². The number of hydrogen-bond donors (Lipinski definition) is 1. The van der Waals surface area contributed by atoms with Crippen molar-refractivity contribution in [2.45, 2.75) is 31.7 Å². The summed E-state index contributed by atoms with van der Waals surface area (Å²) in [5.41, 5.74) is 3.00. The Bertz CT molecular complexity index is 909. The van der Waals surface area contributed by atoms with Crippen molar-refractivity contribution in [3.05, 3.63) is 63.7 Å². The Kier molecular flexibility index (Phi) is 5.87. The zero-order valence-corrected chi connectivity index (χ0v) is 16.0. The van der Waals surface area contributed by atoms with Gasteiger partial charge in [-0.25, -0.2) is 17.9 Å². The van der Waals surface area contributed by atoms with Crippen molar-refractivity contribution in [2.75, 3.05) is 7.11 Å². The number of ether oxygens (including phenoxy) is 1. The second kappa shape index (κ2) is 7.56. The fraction of sp³-hybridized carbons (Fsp3) is 0.278. The Morgan fingerprint density at radius 3 is 2.44 bits per heavy atom. The molecule has 0 bridgehead atoms. The van der Waals surface area contributed by atoms with Crippen molar-refractivity contribution in [1.82, 2.24) is 4.72 Å². The van der Waals surface area contributed by atoms with E-state index >= 15 is 0 Å². The number of carbonyl (C=O) groups excluding carboxylic acids is 1. The monoisotopic (exact) mass is 381 g/mol. The summed E-state index contributed by atoms with van der Waals surface area (Å²) >= 11 is 5.94. The van der Waals surface area contributed by atoms with Crippen LogP contribution in [-0.4, -0.2) is 21.5 Å². The molecule has 0 aromatic heterocycles. The molecule has 0 amide bonds. The molecule has 7 heteroatoms. The number of carbonyl (C=O) groups is 1. The SMILES string of the molecule is COC(=O)c1cc(S(=O)(=O)NC(C)c2ccc(C)cc2C)ccc1Cl. The smallest absolute Gasteiger partial charge is 0.339 e. The molecule has 0 aliphatic heterocycles. The van der Waals surface area contributed by atoms with Gasteiger partial charge in [0.2, 0.25) is 10.0 Å². The van der Waals surface area contributed by atoms with E-state index in [1.54, 1.807) is 6.92 Å². The van der Waals surface area contributed by atoms with Gasteiger partial charge >= 0.3 is 5.97 Å². The first-order valence-electron chi connectivity index (χ1n) is 7.63. The molecule has 2 aromatic rings. The Morgan fingerprint density at radius 1 is 1.16 bits per heavy atom. The summed E-state index contributed by atoms with van der Waals surface area (Å²) in [6, 6.07) is 9.34. The number of aryl methyl sites for hydroxylation is 2. The maximum atomic E-state index is 12.7. The predicted octanol–water partition coefficient (Wildman–Crippen LogP) is 3.78. The van der Waals surface area contributed by atoms with Crippen LogP contribution >= 0.6 is 11.6 Å². The van der Waals surface area contributed by atoms with Crippen molar-refractivity contribution >= 4 is 27.6 Å². The zero-order valence-electron chi connectivity index (χ0n) is 14.5. The van der Waals surface area contributed by atoms with Crippen LogP contribution in [0.3, 0.4) is 0 Å². The number of sulfonamides is 1. The minimum absolute atomic E-state index is 0.00575. The van der Waals surface area contributed by atoms with E-state index in [0.717, 1.165) is 16.7 Å². The molecular formula is C18H20ClNO4S. The number of benzene rings is 2. The summed E-state index contributed by atoms with van der Waals surface area (Å²) < 4.78 is 32.6. The molecule has 0 spiro atoms. The number of esters is 1. The van der Waals surface area contributed by atoms with Gasteiger partial charge in [-0.1, -0.05) is 35.4 Å². The lowest BCUT2D eigenvalue weighted by Gasteiger charge is -2.17. The van der Waals surface area contributed by atoms with Crippen molar-refractivity contribution in [1.29, 1.82) is 0 Å². The molecule has 1 N–H and O–H groups in total. The van der Waals surface area contributed by atoms with Gasteiger partial charge in [-0.3, -0.25) is 0 Å². The van der Waals surface area contributed by atoms with Crippen molar-refractivity contribution in [3.8, 4) is 0 Å². The first-order valence-corrected chi connectivity index (χ1v) is 9.49. The highest BCUT2D eigenvalue weighted by Crippen LogP contribution is 2.24. The van der Waals surface area contributed by atoms with E-state index in [0.29, 0.717) is 0 Å². The van der Waals surface area contributed by atoms with E-state index in [2.05, 4.69) is 9.46 Å². The lowest BCUT2D eigenvalue weighted by Crippen LogP contribution is -2.27. The van der Waals surface area contributed by atoms with E-state index in [1.807, 2.05) is 32.0 Å². The van der Waals surface area contributed by atoms with Crippen molar-refractivity contribution in [3.63, 3.8) is 0 Å². The molecule has 134 valence electrons. The van der Waals surface area contributed by atoms with Crippen LogP contribution < -0.4 is 4.72 Å². The lowest BCUT2D eigenvalue weighted by molar-refractivity contribution is 0.0600. The average Bonchev–Trinajstić information content (AvgIpc) is 2.53. The maximum absolute atomic E-state index is 12.7. The predicted molar refractivity (Wildman–Crippen MR) is 97.4 cm³/mol. The van der Waals surface area contributed by atoms with E-state index < -0.39 is 22.0 Å². The first-order chi connectivity index (χ1) is 11.7.